The summed E-state index contributed by atoms with van der Waals surface area (Å²) in [6, 6.07) is 7.45. The first-order chi connectivity index (χ1) is 8.65. The Balaban J connectivity index is 2.01. The number of halogens is 1. The molecular weight excluding hydrogens is 253 g/mol. The van der Waals surface area contributed by atoms with Crippen molar-refractivity contribution in [2.24, 2.45) is 0 Å². The van der Waals surface area contributed by atoms with Gasteiger partial charge in [-0.2, -0.15) is 0 Å². The van der Waals surface area contributed by atoms with Crippen molar-refractivity contribution < 1.29 is 14.3 Å². The molecule has 1 aromatic carbocycles. The van der Waals surface area contributed by atoms with Crippen molar-refractivity contribution in [1.29, 1.82) is 0 Å². The molecule has 0 aliphatic carbocycles. The second-order valence-corrected chi connectivity index (χ2v) is 4.48. The number of hydrogen-bond acceptors (Lipinski definition) is 3. The molecule has 0 fully saturated rings. The van der Waals surface area contributed by atoms with Gasteiger partial charge in [0.05, 0.1) is 0 Å². The number of aromatic hydroxyl groups is 1. The number of amides is 1. The normalized spacial score (nSPS) is 10.7. The van der Waals surface area contributed by atoms with E-state index >= 15 is 0 Å². The van der Waals surface area contributed by atoms with Gasteiger partial charge >= 0.3 is 0 Å². The third-order valence-electron chi connectivity index (χ3n) is 2.16. The maximum absolute atomic E-state index is 13.0. The zero-order valence-corrected chi connectivity index (χ0v) is 10.1. The molecule has 3 nitrogen and oxygen atoms in total. The van der Waals surface area contributed by atoms with Crippen LogP contribution in [-0.4, -0.2) is 11.0 Å². The number of benzene rings is 1. The smallest absolute Gasteiger partial charge is 0.248 e. The predicted molar refractivity (Wildman–Crippen MR) is 70.0 cm³/mol. The zero-order chi connectivity index (χ0) is 13.0. The number of hydrogen-bond donors (Lipinski definition) is 2. The Hall–Kier alpha value is -2.14. The number of carbonyl (C=O) groups excluding carboxylic acids is 1. The first kappa shape index (κ1) is 12.3. The van der Waals surface area contributed by atoms with Crippen LogP contribution in [0.1, 0.15) is 4.88 Å². The Morgan fingerprint density at radius 3 is 2.89 bits per heavy atom. The highest BCUT2D eigenvalue weighted by Crippen LogP contribution is 2.19. The molecule has 18 heavy (non-hydrogen) atoms. The van der Waals surface area contributed by atoms with E-state index in [-0.39, 0.29) is 5.91 Å². The highest BCUT2D eigenvalue weighted by atomic mass is 32.1. The highest BCUT2D eigenvalue weighted by Gasteiger charge is 2.03. The standard InChI is InChI=1S/C13H10FNO2S/c14-11-8-9(3-5-12(11)16)15-13(17)6-4-10-2-1-7-18-10/h1-8,16H,(H,15,17). The summed E-state index contributed by atoms with van der Waals surface area (Å²) >= 11 is 1.52. The summed E-state index contributed by atoms with van der Waals surface area (Å²) in [7, 11) is 0. The average Bonchev–Trinajstić information content (AvgIpc) is 2.84. The third-order valence-corrected chi connectivity index (χ3v) is 2.99. The third kappa shape index (κ3) is 3.18. The maximum Gasteiger partial charge on any atom is 0.248 e. The van der Waals surface area contributed by atoms with Crippen LogP contribution in [0.4, 0.5) is 10.1 Å². The Morgan fingerprint density at radius 1 is 1.39 bits per heavy atom. The quantitative estimate of drug-likeness (QED) is 0.659. The molecule has 0 aliphatic rings. The Bertz CT molecular complexity index is 579. The van der Waals surface area contributed by atoms with E-state index in [4.69, 9.17) is 5.11 Å². The topological polar surface area (TPSA) is 49.3 Å². The van der Waals surface area contributed by atoms with Gasteiger partial charge in [0.25, 0.3) is 0 Å². The molecule has 0 radical (unpaired) electrons. The van der Waals surface area contributed by atoms with E-state index in [1.165, 1.54) is 29.5 Å². The molecule has 92 valence electrons. The van der Waals surface area contributed by atoms with Gasteiger partial charge in [-0.15, -0.1) is 11.3 Å². The lowest BCUT2D eigenvalue weighted by molar-refractivity contribution is -0.111. The van der Waals surface area contributed by atoms with Gasteiger partial charge in [-0.3, -0.25) is 4.79 Å². The summed E-state index contributed by atoms with van der Waals surface area (Å²) in [6.07, 6.45) is 3.05. The molecule has 1 aromatic heterocycles. The van der Waals surface area contributed by atoms with Gasteiger partial charge in [-0.05, 0) is 29.7 Å². The van der Waals surface area contributed by atoms with Crippen molar-refractivity contribution in [3.63, 3.8) is 0 Å². The summed E-state index contributed by atoms with van der Waals surface area (Å²) < 4.78 is 13.0. The van der Waals surface area contributed by atoms with Crippen LogP contribution in [0.15, 0.2) is 41.8 Å². The van der Waals surface area contributed by atoms with Crippen molar-refractivity contribution in [2.75, 3.05) is 5.32 Å². The number of carbonyl (C=O) groups is 1. The summed E-state index contributed by atoms with van der Waals surface area (Å²) in [6.45, 7) is 0. The minimum atomic E-state index is -0.768. The van der Waals surface area contributed by atoms with Gasteiger partial charge in [-0.25, -0.2) is 4.39 Å². The van der Waals surface area contributed by atoms with Crippen LogP contribution >= 0.6 is 11.3 Å². The number of thiophene rings is 1. The molecule has 2 aromatic rings. The van der Waals surface area contributed by atoms with E-state index in [0.717, 1.165) is 10.9 Å². The van der Waals surface area contributed by atoms with Gasteiger partial charge in [0.15, 0.2) is 11.6 Å². The average molecular weight is 263 g/mol. The molecule has 0 unspecified atom stereocenters. The van der Waals surface area contributed by atoms with Crippen LogP contribution in [-0.2, 0) is 4.79 Å². The SMILES string of the molecule is O=C(C=Cc1cccs1)Nc1ccc(O)c(F)c1. The lowest BCUT2D eigenvalue weighted by Gasteiger charge is -2.02. The van der Waals surface area contributed by atoms with Gasteiger partial charge in [0.2, 0.25) is 5.91 Å². The molecule has 0 saturated heterocycles. The minimum absolute atomic E-state index is 0.297. The number of nitrogens with one attached hydrogen (secondary N) is 1. The number of anilines is 1. The molecule has 0 aliphatic heterocycles. The molecule has 0 bridgehead atoms. The van der Waals surface area contributed by atoms with Crippen LogP contribution < -0.4 is 5.32 Å². The molecule has 2 rings (SSSR count). The van der Waals surface area contributed by atoms with E-state index in [1.807, 2.05) is 17.5 Å². The van der Waals surface area contributed by atoms with Crippen LogP contribution in [0.5, 0.6) is 5.75 Å². The number of rotatable bonds is 3. The second kappa shape index (κ2) is 5.46. The van der Waals surface area contributed by atoms with Crippen molar-refractivity contribution >= 4 is 29.0 Å². The molecule has 0 atom stereocenters. The molecule has 5 heteroatoms. The maximum atomic E-state index is 13.0. The monoisotopic (exact) mass is 263 g/mol. The summed E-state index contributed by atoms with van der Waals surface area (Å²) in [5.74, 6) is -1.56. The molecule has 1 amide bonds. The Morgan fingerprint density at radius 2 is 2.22 bits per heavy atom. The van der Waals surface area contributed by atoms with Gasteiger partial charge < -0.3 is 10.4 Å². The summed E-state index contributed by atoms with van der Waals surface area (Å²) in [5, 5.41) is 13.4. The fourth-order valence-electron chi connectivity index (χ4n) is 1.31. The molecule has 0 spiro atoms. The largest absolute Gasteiger partial charge is 0.505 e. The number of phenols is 1. The zero-order valence-electron chi connectivity index (χ0n) is 9.26. The van der Waals surface area contributed by atoms with Crippen molar-refractivity contribution in [3.8, 4) is 5.75 Å². The summed E-state index contributed by atoms with van der Waals surface area (Å²) in [5.41, 5.74) is 0.297. The Labute approximate surface area is 107 Å². The second-order valence-electron chi connectivity index (χ2n) is 3.50. The van der Waals surface area contributed by atoms with E-state index in [0.29, 0.717) is 5.69 Å². The Kier molecular flexibility index (Phi) is 3.74. The van der Waals surface area contributed by atoms with Gasteiger partial charge in [0, 0.05) is 22.7 Å². The van der Waals surface area contributed by atoms with Crippen LogP contribution in [0, 0.1) is 5.82 Å². The molecule has 1 heterocycles. The van der Waals surface area contributed by atoms with Gasteiger partial charge in [0.1, 0.15) is 0 Å². The number of phenolic OH excluding ortho intramolecular Hbond substituents is 1. The van der Waals surface area contributed by atoms with Crippen LogP contribution in [0.2, 0.25) is 0 Å². The van der Waals surface area contributed by atoms with Crippen molar-refractivity contribution in [1.82, 2.24) is 0 Å². The first-order valence-corrected chi connectivity index (χ1v) is 6.04. The lowest BCUT2D eigenvalue weighted by atomic mass is 10.3. The summed E-state index contributed by atoms with van der Waals surface area (Å²) in [4.78, 5) is 12.5. The minimum Gasteiger partial charge on any atom is -0.505 e. The van der Waals surface area contributed by atoms with Gasteiger partial charge in [-0.1, -0.05) is 6.07 Å². The van der Waals surface area contributed by atoms with E-state index in [1.54, 1.807) is 6.08 Å². The molecule has 2 N–H and O–H groups in total. The van der Waals surface area contributed by atoms with Crippen LogP contribution in [0.25, 0.3) is 6.08 Å². The van der Waals surface area contributed by atoms with Crippen molar-refractivity contribution in [2.45, 2.75) is 0 Å². The lowest BCUT2D eigenvalue weighted by Crippen LogP contribution is -2.07. The van der Waals surface area contributed by atoms with E-state index in [9.17, 15) is 9.18 Å². The predicted octanol–water partition coefficient (Wildman–Crippen LogP) is 3.24. The van der Waals surface area contributed by atoms with E-state index < -0.39 is 11.6 Å². The van der Waals surface area contributed by atoms with Crippen molar-refractivity contribution in [3.05, 3.63) is 52.5 Å². The fourth-order valence-corrected chi connectivity index (χ4v) is 1.93. The highest BCUT2D eigenvalue weighted by molar-refractivity contribution is 7.10. The molecule has 0 saturated carbocycles. The van der Waals surface area contributed by atoms with Crippen LogP contribution in [0.3, 0.4) is 0 Å². The fraction of sp³-hybridized carbons (Fsp3) is 0. The molecular formula is C13H10FNO2S. The van der Waals surface area contributed by atoms with E-state index in [2.05, 4.69) is 5.32 Å². The first-order valence-electron chi connectivity index (χ1n) is 5.16.